The standard InChI is InChI=1S/C19H10BrN3O2/c20-10-7-5-9(6-8-10)13-14-16(21-18-15(13)19(25)23-22-18)11-3-1-2-4-12(11)17(14)24/h1-8H,(H2,21,22,23,25). The van der Waals surface area contributed by atoms with Crippen molar-refractivity contribution >= 4 is 32.7 Å². The van der Waals surface area contributed by atoms with Gasteiger partial charge in [0.15, 0.2) is 11.4 Å². The van der Waals surface area contributed by atoms with Crippen molar-refractivity contribution in [2.75, 3.05) is 0 Å². The van der Waals surface area contributed by atoms with Crippen molar-refractivity contribution in [3.63, 3.8) is 0 Å². The molecule has 0 spiro atoms. The van der Waals surface area contributed by atoms with Crippen LogP contribution in [0.3, 0.4) is 0 Å². The summed E-state index contributed by atoms with van der Waals surface area (Å²) in [5.74, 6) is -0.0986. The maximum Gasteiger partial charge on any atom is 0.274 e. The van der Waals surface area contributed by atoms with Gasteiger partial charge in [-0.25, -0.2) is 4.98 Å². The van der Waals surface area contributed by atoms with Crippen LogP contribution in [0.4, 0.5) is 0 Å². The number of carbonyl (C=O) groups excluding carboxylic acids is 1. The van der Waals surface area contributed by atoms with E-state index in [4.69, 9.17) is 0 Å². The second-order valence-corrected chi connectivity index (χ2v) is 6.81. The largest absolute Gasteiger partial charge is 0.288 e. The molecule has 2 aromatic heterocycles. The Labute approximate surface area is 149 Å². The number of hydrogen-bond donors (Lipinski definition) is 2. The number of benzene rings is 2. The first-order valence-electron chi connectivity index (χ1n) is 7.69. The van der Waals surface area contributed by atoms with Gasteiger partial charge in [0.25, 0.3) is 5.56 Å². The molecular formula is C19H10BrN3O2. The van der Waals surface area contributed by atoms with E-state index in [0.717, 1.165) is 15.6 Å². The van der Waals surface area contributed by atoms with Crippen molar-refractivity contribution in [2.45, 2.75) is 0 Å². The van der Waals surface area contributed by atoms with Crippen molar-refractivity contribution < 1.29 is 4.79 Å². The molecule has 0 amide bonds. The molecule has 2 N–H and O–H groups in total. The van der Waals surface area contributed by atoms with E-state index < -0.39 is 0 Å². The molecule has 1 aliphatic carbocycles. The molecule has 5 nitrogen and oxygen atoms in total. The Morgan fingerprint density at radius 1 is 0.840 bits per heavy atom. The molecule has 0 saturated heterocycles. The van der Waals surface area contributed by atoms with Gasteiger partial charge in [-0.15, -0.1) is 0 Å². The van der Waals surface area contributed by atoms with Crippen molar-refractivity contribution in [2.24, 2.45) is 0 Å². The quantitative estimate of drug-likeness (QED) is 0.454. The third-order valence-corrected chi connectivity index (χ3v) is 5.03. The van der Waals surface area contributed by atoms with Crippen molar-refractivity contribution in [1.29, 1.82) is 0 Å². The van der Waals surface area contributed by atoms with Gasteiger partial charge in [-0.3, -0.25) is 19.8 Å². The van der Waals surface area contributed by atoms with Crippen LogP contribution in [-0.2, 0) is 0 Å². The molecule has 0 unspecified atom stereocenters. The number of hydrogen-bond acceptors (Lipinski definition) is 3. The number of aromatic nitrogens is 3. The summed E-state index contributed by atoms with van der Waals surface area (Å²) in [7, 11) is 0. The lowest BCUT2D eigenvalue weighted by atomic mass is 9.95. The van der Waals surface area contributed by atoms with E-state index >= 15 is 0 Å². The number of pyridine rings is 1. The average molecular weight is 392 g/mol. The molecule has 4 aromatic rings. The number of rotatable bonds is 1. The Kier molecular flexibility index (Phi) is 2.87. The Morgan fingerprint density at radius 2 is 1.56 bits per heavy atom. The third kappa shape index (κ3) is 1.91. The van der Waals surface area contributed by atoms with Gasteiger partial charge < -0.3 is 0 Å². The first-order chi connectivity index (χ1) is 12.1. The Balaban J connectivity index is 1.97. The predicted molar refractivity (Wildman–Crippen MR) is 98.7 cm³/mol. The highest BCUT2D eigenvalue weighted by molar-refractivity contribution is 9.10. The minimum Gasteiger partial charge on any atom is -0.288 e. The van der Waals surface area contributed by atoms with Crippen LogP contribution in [-0.4, -0.2) is 21.0 Å². The van der Waals surface area contributed by atoms with E-state index in [1.807, 2.05) is 42.5 Å². The van der Waals surface area contributed by atoms with Gasteiger partial charge in [-0.1, -0.05) is 52.3 Å². The molecule has 1 aliphatic rings. The number of H-pyrrole nitrogens is 2. The highest BCUT2D eigenvalue weighted by Gasteiger charge is 2.33. The van der Waals surface area contributed by atoms with Crippen molar-refractivity contribution in [1.82, 2.24) is 15.2 Å². The fraction of sp³-hybridized carbons (Fsp3) is 0. The fourth-order valence-corrected chi connectivity index (χ4v) is 3.68. The van der Waals surface area contributed by atoms with Crippen LogP contribution < -0.4 is 5.56 Å². The van der Waals surface area contributed by atoms with Gasteiger partial charge >= 0.3 is 0 Å². The smallest absolute Gasteiger partial charge is 0.274 e. The number of halogens is 1. The molecule has 2 heterocycles. The van der Waals surface area contributed by atoms with Gasteiger partial charge in [0.2, 0.25) is 0 Å². The number of nitrogens with zero attached hydrogens (tertiary/aromatic N) is 1. The summed E-state index contributed by atoms with van der Waals surface area (Å²) in [5, 5.41) is 5.80. The van der Waals surface area contributed by atoms with E-state index in [9.17, 15) is 9.59 Å². The molecule has 0 bridgehead atoms. The van der Waals surface area contributed by atoms with Crippen LogP contribution in [0.5, 0.6) is 0 Å². The highest BCUT2D eigenvalue weighted by Crippen LogP contribution is 2.42. The molecule has 0 atom stereocenters. The molecule has 2 aromatic carbocycles. The van der Waals surface area contributed by atoms with E-state index in [0.29, 0.717) is 33.4 Å². The van der Waals surface area contributed by atoms with Crippen LogP contribution in [0.2, 0.25) is 0 Å². The highest BCUT2D eigenvalue weighted by atomic mass is 79.9. The fourth-order valence-electron chi connectivity index (χ4n) is 3.42. The number of aromatic amines is 2. The van der Waals surface area contributed by atoms with Crippen molar-refractivity contribution in [3.8, 4) is 22.4 Å². The van der Waals surface area contributed by atoms with Gasteiger partial charge in [-0.05, 0) is 17.7 Å². The second kappa shape index (κ2) is 5.00. The van der Waals surface area contributed by atoms with E-state index in [1.165, 1.54) is 0 Å². The summed E-state index contributed by atoms with van der Waals surface area (Å²) in [6.45, 7) is 0. The maximum atomic E-state index is 13.1. The molecule has 0 saturated carbocycles. The molecule has 6 heteroatoms. The second-order valence-electron chi connectivity index (χ2n) is 5.89. The lowest BCUT2D eigenvalue weighted by Crippen LogP contribution is -2.05. The summed E-state index contributed by atoms with van der Waals surface area (Å²) in [6.07, 6.45) is 0. The van der Waals surface area contributed by atoms with Crippen LogP contribution in [0, 0.1) is 0 Å². The van der Waals surface area contributed by atoms with Crippen LogP contribution in [0.25, 0.3) is 33.4 Å². The summed E-state index contributed by atoms with van der Waals surface area (Å²) in [5.41, 5.74) is 4.10. The minimum atomic E-state index is -0.285. The number of fused-ring (bicyclic) bond motifs is 4. The van der Waals surface area contributed by atoms with Crippen molar-refractivity contribution in [3.05, 3.63) is 74.5 Å². The zero-order chi connectivity index (χ0) is 17.1. The molecule has 0 fully saturated rings. The lowest BCUT2D eigenvalue weighted by molar-refractivity contribution is 0.104. The molecular weight excluding hydrogens is 382 g/mol. The maximum absolute atomic E-state index is 13.1. The molecule has 0 aliphatic heterocycles. The minimum absolute atomic E-state index is 0.0986. The molecule has 120 valence electrons. The number of nitrogens with one attached hydrogen (secondary N) is 2. The van der Waals surface area contributed by atoms with Gasteiger partial charge in [-0.2, -0.15) is 0 Å². The van der Waals surface area contributed by atoms with Crippen LogP contribution >= 0.6 is 15.9 Å². The van der Waals surface area contributed by atoms with Gasteiger partial charge in [0, 0.05) is 21.2 Å². The Morgan fingerprint density at radius 3 is 2.32 bits per heavy atom. The molecule has 5 rings (SSSR count). The summed E-state index contributed by atoms with van der Waals surface area (Å²) < 4.78 is 0.927. The number of ketones is 1. The average Bonchev–Trinajstić information content (AvgIpc) is 3.14. The monoisotopic (exact) mass is 391 g/mol. The normalized spacial score (nSPS) is 12.4. The summed E-state index contributed by atoms with van der Waals surface area (Å²) in [6, 6.07) is 15.0. The van der Waals surface area contributed by atoms with Gasteiger partial charge in [0.05, 0.1) is 16.6 Å². The van der Waals surface area contributed by atoms with E-state index in [2.05, 4.69) is 31.1 Å². The summed E-state index contributed by atoms with van der Waals surface area (Å²) >= 11 is 3.42. The SMILES string of the molecule is O=C1c2ccccc2-c2nc3[nH][nH]c(=O)c3c(-c3ccc(Br)cc3)c21. The third-order valence-electron chi connectivity index (χ3n) is 4.51. The van der Waals surface area contributed by atoms with Gasteiger partial charge in [0.1, 0.15) is 0 Å². The van der Waals surface area contributed by atoms with E-state index in [-0.39, 0.29) is 11.3 Å². The summed E-state index contributed by atoms with van der Waals surface area (Å²) in [4.78, 5) is 30.0. The van der Waals surface area contributed by atoms with Crippen LogP contribution in [0.1, 0.15) is 15.9 Å². The lowest BCUT2D eigenvalue weighted by Gasteiger charge is -2.09. The Hall–Kier alpha value is -2.99. The zero-order valence-electron chi connectivity index (χ0n) is 12.8. The predicted octanol–water partition coefficient (Wildman–Crippen LogP) is 3.89. The first kappa shape index (κ1) is 14.4. The molecule has 25 heavy (non-hydrogen) atoms. The topological polar surface area (TPSA) is 78.6 Å². The van der Waals surface area contributed by atoms with E-state index in [1.54, 1.807) is 6.07 Å². The Bertz CT molecular complexity index is 1240. The zero-order valence-corrected chi connectivity index (χ0v) is 14.3. The molecule has 0 radical (unpaired) electrons. The first-order valence-corrected chi connectivity index (χ1v) is 8.49. The van der Waals surface area contributed by atoms with Crippen LogP contribution in [0.15, 0.2) is 57.8 Å². The number of carbonyl (C=O) groups is 1.